The first kappa shape index (κ1) is 15.9. The number of hydrogen-bond acceptors (Lipinski definition) is 2. The Labute approximate surface area is 149 Å². The zero-order valence-electron chi connectivity index (χ0n) is 14.4. The van der Waals surface area contributed by atoms with E-state index in [0.717, 1.165) is 44.0 Å². The lowest BCUT2D eigenvalue weighted by atomic mass is 10.0. The molecule has 2 nitrogen and oxygen atoms in total. The maximum atomic E-state index is 5.97. The van der Waals surface area contributed by atoms with Gasteiger partial charge in [0.25, 0.3) is 0 Å². The highest BCUT2D eigenvalue weighted by molar-refractivity contribution is 5.34. The van der Waals surface area contributed by atoms with Crippen LogP contribution in [0.4, 0.5) is 0 Å². The number of fused-ring (bicyclic) bond motifs is 1. The van der Waals surface area contributed by atoms with Gasteiger partial charge in [-0.25, -0.2) is 0 Å². The van der Waals surface area contributed by atoms with Crippen molar-refractivity contribution in [1.82, 2.24) is 4.90 Å². The molecule has 0 aliphatic carbocycles. The Balaban J connectivity index is 1.42. The van der Waals surface area contributed by atoms with Crippen LogP contribution in [0.3, 0.4) is 0 Å². The molecule has 0 saturated heterocycles. The van der Waals surface area contributed by atoms with Crippen LogP contribution in [0, 0.1) is 0 Å². The van der Waals surface area contributed by atoms with Crippen molar-refractivity contribution in [2.45, 2.75) is 19.4 Å². The fourth-order valence-electron chi connectivity index (χ4n) is 3.46. The third-order valence-corrected chi connectivity index (χ3v) is 4.80. The molecule has 3 aromatic rings. The second-order valence-corrected chi connectivity index (χ2v) is 6.61. The summed E-state index contributed by atoms with van der Waals surface area (Å²) in [6.07, 6.45) is 2.27. The van der Waals surface area contributed by atoms with E-state index in [1.54, 1.807) is 0 Å². The van der Waals surface area contributed by atoms with Gasteiger partial charge in [-0.2, -0.15) is 0 Å². The molecule has 0 bridgehead atoms. The Morgan fingerprint density at radius 1 is 0.680 bits per heavy atom. The smallest absolute Gasteiger partial charge is 0.127 e. The fourth-order valence-corrected chi connectivity index (χ4v) is 3.46. The Hall–Kier alpha value is -2.58. The number of nitrogens with zero attached hydrogens (tertiary/aromatic N) is 1. The molecule has 0 N–H and O–H groups in total. The molecule has 0 amide bonds. The molecule has 3 aromatic carbocycles. The van der Waals surface area contributed by atoms with Gasteiger partial charge in [-0.15, -0.1) is 0 Å². The van der Waals surface area contributed by atoms with E-state index in [1.165, 1.54) is 16.7 Å². The average Bonchev–Trinajstić information content (AvgIpc) is 2.86. The first-order valence-electron chi connectivity index (χ1n) is 8.98. The normalized spacial score (nSPS) is 14.6. The summed E-state index contributed by atoms with van der Waals surface area (Å²) < 4.78 is 5.97. The highest BCUT2D eigenvalue weighted by Crippen LogP contribution is 2.23. The van der Waals surface area contributed by atoms with Gasteiger partial charge < -0.3 is 4.74 Å². The molecule has 0 atom stereocenters. The summed E-state index contributed by atoms with van der Waals surface area (Å²) in [6.45, 7) is 3.20. The first-order valence-corrected chi connectivity index (χ1v) is 8.98. The van der Waals surface area contributed by atoms with Gasteiger partial charge in [-0.3, -0.25) is 4.90 Å². The zero-order valence-corrected chi connectivity index (χ0v) is 14.4. The summed E-state index contributed by atoms with van der Waals surface area (Å²) in [6, 6.07) is 27.3. The van der Waals surface area contributed by atoms with Crippen molar-refractivity contribution in [3.8, 4) is 11.5 Å². The van der Waals surface area contributed by atoms with Gasteiger partial charge in [0.15, 0.2) is 0 Å². The maximum Gasteiger partial charge on any atom is 0.127 e. The van der Waals surface area contributed by atoms with Crippen molar-refractivity contribution in [2.75, 3.05) is 13.1 Å². The third kappa shape index (κ3) is 4.09. The summed E-state index contributed by atoms with van der Waals surface area (Å²) in [5.41, 5.74) is 4.32. The molecular formula is C23H23NO. The van der Waals surface area contributed by atoms with Crippen molar-refractivity contribution >= 4 is 0 Å². The van der Waals surface area contributed by atoms with Crippen LogP contribution in [0.25, 0.3) is 0 Å². The van der Waals surface area contributed by atoms with E-state index in [1.807, 2.05) is 36.4 Å². The zero-order chi connectivity index (χ0) is 16.9. The van der Waals surface area contributed by atoms with Crippen LogP contribution in [0.15, 0.2) is 78.9 Å². The van der Waals surface area contributed by atoms with Gasteiger partial charge in [0.2, 0.25) is 0 Å². The monoisotopic (exact) mass is 329 g/mol. The van der Waals surface area contributed by atoms with Crippen molar-refractivity contribution in [3.63, 3.8) is 0 Å². The minimum Gasteiger partial charge on any atom is -0.457 e. The van der Waals surface area contributed by atoms with Crippen molar-refractivity contribution in [3.05, 3.63) is 95.6 Å². The number of hydrogen-bond donors (Lipinski definition) is 0. The van der Waals surface area contributed by atoms with E-state index >= 15 is 0 Å². The Morgan fingerprint density at radius 3 is 2.04 bits per heavy atom. The average molecular weight is 329 g/mol. The summed E-state index contributed by atoms with van der Waals surface area (Å²) >= 11 is 0. The van der Waals surface area contributed by atoms with Crippen LogP contribution in [-0.2, 0) is 19.4 Å². The SMILES string of the molecule is c1ccc(Oc2cccc(CN3CCc4ccccc4CC3)c2)cc1. The number of ether oxygens (including phenoxy) is 1. The van der Waals surface area contributed by atoms with Crippen LogP contribution in [0.5, 0.6) is 11.5 Å². The van der Waals surface area contributed by atoms with E-state index in [0.29, 0.717) is 0 Å². The van der Waals surface area contributed by atoms with Gasteiger partial charge in [0.1, 0.15) is 11.5 Å². The number of para-hydroxylation sites is 1. The van der Waals surface area contributed by atoms with E-state index in [4.69, 9.17) is 4.74 Å². The van der Waals surface area contributed by atoms with Crippen LogP contribution in [-0.4, -0.2) is 18.0 Å². The van der Waals surface area contributed by atoms with E-state index in [-0.39, 0.29) is 0 Å². The molecule has 1 aliphatic rings. The first-order chi connectivity index (χ1) is 12.4. The van der Waals surface area contributed by atoms with Crippen LogP contribution < -0.4 is 4.74 Å². The molecule has 0 radical (unpaired) electrons. The molecule has 126 valence electrons. The molecule has 0 spiro atoms. The summed E-state index contributed by atoms with van der Waals surface area (Å²) in [5.74, 6) is 1.78. The molecule has 25 heavy (non-hydrogen) atoms. The summed E-state index contributed by atoms with van der Waals surface area (Å²) in [5, 5.41) is 0. The van der Waals surface area contributed by atoms with Gasteiger partial charge in [0, 0.05) is 19.6 Å². The van der Waals surface area contributed by atoms with Gasteiger partial charge in [-0.05, 0) is 53.8 Å². The molecule has 0 fully saturated rings. The number of benzene rings is 3. The van der Waals surface area contributed by atoms with E-state index < -0.39 is 0 Å². The van der Waals surface area contributed by atoms with Crippen molar-refractivity contribution in [1.29, 1.82) is 0 Å². The lowest BCUT2D eigenvalue weighted by Crippen LogP contribution is -2.25. The van der Waals surface area contributed by atoms with Crippen molar-refractivity contribution in [2.24, 2.45) is 0 Å². The molecule has 0 saturated carbocycles. The summed E-state index contributed by atoms with van der Waals surface area (Å²) in [4.78, 5) is 2.54. The maximum absolute atomic E-state index is 5.97. The lowest BCUT2D eigenvalue weighted by Gasteiger charge is -2.20. The minimum atomic E-state index is 0.880. The standard InChI is InChI=1S/C23H23NO/c1-2-10-22(11-3-1)25-23-12-6-7-19(17-23)18-24-15-13-20-8-4-5-9-21(20)14-16-24/h1-12,17H,13-16,18H2. The molecule has 2 heteroatoms. The van der Waals surface area contributed by atoms with E-state index in [9.17, 15) is 0 Å². The Kier molecular flexibility index (Phi) is 4.80. The molecule has 0 aromatic heterocycles. The van der Waals surface area contributed by atoms with Gasteiger partial charge in [-0.1, -0.05) is 54.6 Å². The lowest BCUT2D eigenvalue weighted by molar-refractivity contribution is 0.279. The second-order valence-electron chi connectivity index (χ2n) is 6.61. The van der Waals surface area contributed by atoms with Gasteiger partial charge in [0.05, 0.1) is 0 Å². The molecule has 1 heterocycles. The van der Waals surface area contributed by atoms with E-state index in [2.05, 4.69) is 47.4 Å². The van der Waals surface area contributed by atoms with Gasteiger partial charge >= 0.3 is 0 Å². The highest BCUT2D eigenvalue weighted by Gasteiger charge is 2.14. The Morgan fingerprint density at radius 2 is 1.32 bits per heavy atom. The largest absolute Gasteiger partial charge is 0.457 e. The second kappa shape index (κ2) is 7.54. The highest BCUT2D eigenvalue weighted by atomic mass is 16.5. The fraction of sp³-hybridized carbons (Fsp3) is 0.217. The third-order valence-electron chi connectivity index (χ3n) is 4.80. The number of rotatable bonds is 4. The topological polar surface area (TPSA) is 12.5 Å². The van der Waals surface area contributed by atoms with Crippen LogP contribution >= 0.6 is 0 Å². The predicted octanol–water partition coefficient (Wildman–Crippen LogP) is 5.08. The molecule has 0 unspecified atom stereocenters. The predicted molar refractivity (Wildman–Crippen MR) is 102 cm³/mol. The Bertz CT molecular complexity index is 801. The van der Waals surface area contributed by atoms with Crippen LogP contribution in [0.2, 0.25) is 0 Å². The summed E-state index contributed by atoms with van der Waals surface area (Å²) in [7, 11) is 0. The van der Waals surface area contributed by atoms with Crippen LogP contribution in [0.1, 0.15) is 16.7 Å². The van der Waals surface area contributed by atoms with Crippen molar-refractivity contribution < 1.29 is 4.74 Å². The molecule has 4 rings (SSSR count). The minimum absolute atomic E-state index is 0.880. The quantitative estimate of drug-likeness (QED) is 0.662. The molecule has 1 aliphatic heterocycles. The molecular weight excluding hydrogens is 306 g/mol.